The van der Waals surface area contributed by atoms with Gasteiger partial charge in [-0.15, -0.1) is 0 Å². The summed E-state index contributed by atoms with van der Waals surface area (Å²) >= 11 is 0. The summed E-state index contributed by atoms with van der Waals surface area (Å²) in [7, 11) is 3.13. The number of methoxy groups -OCH3 is 2. The molecule has 0 radical (unpaired) electrons. The summed E-state index contributed by atoms with van der Waals surface area (Å²) < 4.78 is 21.1. The Morgan fingerprint density at radius 2 is 2.00 bits per heavy atom. The highest BCUT2D eigenvalue weighted by Gasteiger charge is 2.34. The highest BCUT2D eigenvalue weighted by Crippen LogP contribution is 2.13. The molecule has 1 aliphatic rings. The second-order valence-electron chi connectivity index (χ2n) is 3.85. The van der Waals surface area contributed by atoms with Gasteiger partial charge < -0.3 is 24.7 Å². The van der Waals surface area contributed by atoms with Crippen molar-refractivity contribution in [1.82, 2.24) is 0 Å². The summed E-state index contributed by atoms with van der Waals surface area (Å²) in [6.07, 6.45) is -0.967. The molecule has 1 fully saturated rings. The smallest absolute Gasteiger partial charge is 0.367 e. The molecule has 3 N–H and O–H groups in total. The third kappa shape index (κ3) is 3.15. The normalized spacial score (nSPS) is 37.1. The molecule has 4 atom stereocenters. The van der Waals surface area contributed by atoms with E-state index in [1.165, 1.54) is 0 Å². The number of cyclic esters (lactones) is 1. The summed E-state index contributed by atoms with van der Waals surface area (Å²) in [6, 6.07) is -0.504. The molecule has 0 aliphatic carbocycles. The number of quaternary nitrogens is 1. The first-order chi connectivity index (χ1) is 7.60. The molecule has 0 bridgehead atoms. The quantitative estimate of drug-likeness (QED) is 0.594. The fourth-order valence-electron chi connectivity index (χ4n) is 1.68. The first-order valence-corrected chi connectivity index (χ1v) is 5.27. The number of hydrogen-bond donors (Lipinski definition) is 1. The molecule has 0 spiro atoms. The predicted molar refractivity (Wildman–Crippen MR) is 54.6 cm³/mol. The van der Waals surface area contributed by atoms with Crippen LogP contribution in [-0.4, -0.2) is 57.8 Å². The van der Waals surface area contributed by atoms with Crippen LogP contribution in [0.3, 0.4) is 0 Å². The first-order valence-electron chi connectivity index (χ1n) is 5.27. The molecule has 0 amide bonds. The van der Waals surface area contributed by atoms with Gasteiger partial charge in [0.2, 0.25) is 6.04 Å². The van der Waals surface area contributed by atoms with Crippen LogP contribution >= 0.6 is 0 Å². The minimum atomic E-state index is -0.504. The Hall–Kier alpha value is -0.690. The Labute approximate surface area is 95.0 Å². The van der Waals surface area contributed by atoms with E-state index in [2.05, 4.69) is 5.73 Å². The van der Waals surface area contributed by atoms with E-state index in [0.29, 0.717) is 6.61 Å². The van der Waals surface area contributed by atoms with E-state index in [9.17, 15) is 4.79 Å². The third-order valence-electron chi connectivity index (χ3n) is 2.64. The van der Waals surface area contributed by atoms with E-state index in [0.717, 1.165) is 0 Å². The van der Waals surface area contributed by atoms with Crippen LogP contribution in [0.4, 0.5) is 0 Å². The molecular weight excluding hydrogens is 214 g/mol. The topological polar surface area (TPSA) is 81.6 Å². The molecule has 0 aromatic carbocycles. The highest BCUT2D eigenvalue weighted by atomic mass is 16.6. The standard InChI is InChI=1S/C10H19NO5/c1-6-9(14-3)8(13-2)5-15-4-7(11)10(12)16-6/h6-9H,4-5,11H2,1-3H3/p+1/t6-,7-,8-,9-/m0/s1. The molecule has 0 saturated carbocycles. The first kappa shape index (κ1) is 13.4. The number of carbonyl (C=O) groups is 1. The van der Waals surface area contributed by atoms with Crippen molar-refractivity contribution in [1.29, 1.82) is 0 Å². The van der Waals surface area contributed by atoms with Gasteiger partial charge in [-0.3, -0.25) is 0 Å². The summed E-state index contributed by atoms with van der Waals surface area (Å²) in [4.78, 5) is 11.5. The zero-order valence-electron chi connectivity index (χ0n) is 9.97. The number of ether oxygens (including phenoxy) is 4. The summed E-state index contributed by atoms with van der Waals surface area (Å²) in [5, 5.41) is 0. The lowest BCUT2D eigenvalue weighted by Crippen LogP contribution is -2.67. The molecule has 1 heterocycles. The van der Waals surface area contributed by atoms with E-state index in [1.807, 2.05) is 0 Å². The van der Waals surface area contributed by atoms with Crippen LogP contribution < -0.4 is 5.73 Å². The van der Waals surface area contributed by atoms with Gasteiger partial charge in [0.15, 0.2) is 0 Å². The largest absolute Gasteiger partial charge is 0.455 e. The van der Waals surface area contributed by atoms with Crippen molar-refractivity contribution < 1.29 is 29.5 Å². The SMILES string of the molecule is CO[C@H]1[C@H](C)OC(=O)[C@@H]([NH3+])COC[C@@H]1OC. The van der Waals surface area contributed by atoms with Crippen LogP contribution in [0.25, 0.3) is 0 Å². The minimum absolute atomic E-state index is 0.238. The lowest BCUT2D eigenvalue weighted by atomic mass is 10.1. The number of esters is 1. The summed E-state index contributed by atoms with van der Waals surface area (Å²) in [5.41, 5.74) is 3.68. The van der Waals surface area contributed by atoms with Crippen molar-refractivity contribution in [3.05, 3.63) is 0 Å². The second kappa shape index (κ2) is 6.15. The Morgan fingerprint density at radius 3 is 2.56 bits per heavy atom. The Morgan fingerprint density at radius 1 is 1.31 bits per heavy atom. The van der Waals surface area contributed by atoms with Gasteiger partial charge in [0.25, 0.3) is 0 Å². The predicted octanol–water partition coefficient (Wildman–Crippen LogP) is -1.41. The van der Waals surface area contributed by atoms with Crippen LogP contribution in [0.2, 0.25) is 0 Å². The van der Waals surface area contributed by atoms with Gasteiger partial charge in [-0.1, -0.05) is 0 Å². The van der Waals surface area contributed by atoms with Crippen molar-refractivity contribution >= 4 is 5.97 Å². The second-order valence-corrected chi connectivity index (χ2v) is 3.85. The van der Waals surface area contributed by atoms with Crippen molar-refractivity contribution in [2.45, 2.75) is 31.3 Å². The number of hydrogen-bond acceptors (Lipinski definition) is 5. The third-order valence-corrected chi connectivity index (χ3v) is 2.64. The summed E-state index contributed by atoms with van der Waals surface area (Å²) in [5.74, 6) is -0.369. The molecule has 0 aromatic rings. The average Bonchev–Trinajstić information content (AvgIpc) is 2.30. The fraction of sp³-hybridized carbons (Fsp3) is 0.900. The maximum absolute atomic E-state index is 11.5. The van der Waals surface area contributed by atoms with Crippen LogP contribution in [0.1, 0.15) is 6.92 Å². The zero-order valence-corrected chi connectivity index (χ0v) is 9.97. The average molecular weight is 234 g/mol. The van der Waals surface area contributed by atoms with Crippen molar-refractivity contribution in [2.75, 3.05) is 27.4 Å². The Balaban J connectivity index is 2.76. The molecule has 1 rings (SSSR count). The number of carbonyl (C=O) groups excluding carboxylic acids is 1. The molecule has 16 heavy (non-hydrogen) atoms. The van der Waals surface area contributed by atoms with Crippen LogP contribution in [0, 0.1) is 0 Å². The molecule has 94 valence electrons. The Bertz CT molecular complexity index is 235. The molecular formula is C10H20NO5+. The van der Waals surface area contributed by atoms with Gasteiger partial charge in [-0.25, -0.2) is 4.79 Å². The van der Waals surface area contributed by atoms with Crippen LogP contribution in [-0.2, 0) is 23.7 Å². The lowest BCUT2D eigenvalue weighted by molar-refractivity contribution is -0.415. The van der Waals surface area contributed by atoms with Crippen molar-refractivity contribution in [3.8, 4) is 0 Å². The number of rotatable bonds is 2. The minimum Gasteiger partial charge on any atom is -0.455 e. The molecule has 1 aliphatic heterocycles. The van der Waals surface area contributed by atoms with E-state index < -0.39 is 6.04 Å². The molecule has 0 aromatic heterocycles. The van der Waals surface area contributed by atoms with Gasteiger partial charge in [0, 0.05) is 14.2 Å². The highest BCUT2D eigenvalue weighted by molar-refractivity contribution is 5.74. The van der Waals surface area contributed by atoms with E-state index >= 15 is 0 Å². The van der Waals surface area contributed by atoms with E-state index in [4.69, 9.17) is 18.9 Å². The maximum atomic E-state index is 11.5. The van der Waals surface area contributed by atoms with Crippen molar-refractivity contribution in [2.24, 2.45) is 0 Å². The maximum Gasteiger partial charge on any atom is 0.367 e. The molecule has 6 nitrogen and oxygen atoms in total. The Kier molecular flexibility index (Phi) is 5.14. The lowest BCUT2D eigenvalue weighted by Gasteiger charge is -2.27. The van der Waals surface area contributed by atoms with E-state index in [1.54, 1.807) is 21.1 Å². The summed E-state index contributed by atoms with van der Waals surface area (Å²) in [6.45, 7) is 2.37. The van der Waals surface area contributed by atoms with Gasteiger partial charge in [0.05, 0.1) is 6.61 Å². The van der Waals surface area contributed by atoms with Crippen LogP contribution in [0.15, 0.2) is 0 Å². The van der Waals surface area contributed by atoms with E-state index in [-0.39, 0.29) is 30.9 Å². The zero-order chi connectivity index (χ0) is 12.1. The van der Waals surface area contributed by atoms with Crippen molar-refractivity contribution in [3.63, 3.8) is 0 Å². The van der Waals surface area contributed by atoms with Gasteiger partial charge in [0.1, 0.15) is 24.9 Å². The monoisotopic (exact) mass is 234 g/mol. The molecule has 0 unspecified atom stereocenters. The molecule has 6 heteroatoms. The van der Waals surface area contributed by atoms with Gasteiger partial charge in [-0.05, 0) is 6.92 Å². The van der Waals surface area contributed by atoms with Gasteiger partial charge in [-0.2, -0.15) is 0 Å². The van der Waals surface area contributed by atoms with Gasteiger partial charge >= 0.3 is 5.97 Å². The van der Waals surface area contributed by atoms with Crippen LogP contribution in [0.5, 0.6) is 0 Å². The fourth-order valence-corrected chi connectivity index (χ4v) is 1.68. The molecule has 1 saturated heterocycles.